The third kappa shape index (κ3) is 6.62. The predicted octanol–water partition coefficient (Wildman–Crippen LogP) is 9.42. The number of hydrogen-bond acceptors (Lipinski definition) is 3. The molecule has 0 spiro atoms. The van der Waals surface area contributed by atoms with Gasteiger partial charge in [0.2, 0.25) is 0 Å². The molecule has 0 aliphatic rings. The van der Waals surface area contributed by atoms with Crippen molar-refractivity contribution in [1.29, 1.82) is 0 Å². The van der Waals surface area contributed by atoms with Gasteiger partial charge in [-0.05, 0) is 41.5 Å². The summed E-state index contributed by atoms with van der Waals surface area (Å²) in [6.07, 6.45) is 3.44. The Labute approximate surface area is 271 Å². The second-order valence-electron chi connectivity index (χ2n) is 11.3. The molecule has 0 amide bonds. The van der Waals surface area contributed by atoms with Crippen molar-refractivity contribution in [2.45, 2.75) is 53.1 Å². The van der Waals surface area contributed by atoms with E-state index in [1.807, 2.05) is 30.3 Å². The minimum absolute atomic E-state index is 0. The van der Waals surface area contributed by atoms with Crippen LogP contribution in [0.4, 0.5) is 4.39 Å². The van der Waals surface area contributed by atoms with Crippen LogP contribution in [0.2, 0.25) is 19.6 Å². The van der Waals surface area contributed by atoms with Gasteiger partial charge in [0.15, 0.2) is 11.4 Å². The number of aromatic nitrogens is 2. The molecule has 0 N–H and O–H groups in total. The van der Waals surface area contributed by atoms with Gasteiger partial charge in [0.1, 0.15) is 0 Å². The third-order valence-corrected chi connectivity index (χ3v) is 8.93. The van der Waals surface area contributed by atoms with Crippen molar-refractivity contribution in [3.8, 4) is 22.5 Å². The second-order valence-corrected chi connectivity index (χ2v) is 16.3. The fourth-order valence-corrected chi connectivity index (χ4v) is 5.98. The molecule has 0 aliphatic carbocycles. The normalized spacial score (nSPS) is 14.1. The number of fused-ring (bicyclic) bond motifs is 3. The van der Waals surface area contributed by atoms with Gasteiger partial charge in [0, 0.05) is 46.1 Å². The van der Waals surface area contributed by atoms with Crippen LogP contribution in [0.25, 0.3) is 44.5 Å². The third-order valence-electron chi connectivity index (χ3n) is 6.92. The molecule has 42 heavy (non-hydrogen) atoms. The average Bonchev–Trinajstić information content (AvgIpc) is 3.40. The summed E-state index contributed by atoms with van der Waals surface area (Å²) >= 11 is 0. The van der Waals surface area contributed by atoms with E-state index in [-0.39, 0.29) is 37.1 Å². The first-order valence-corrected chi connectivity index (χ1v) is 17.0. The standard InChI is InChI=1S/C20H15FNO.C16H20NSi.Ir/c1-12(2)13-9-10-22-18(11-13)16-7-3-5-14-15-6-4-8-17(21)20(15)23-19(14)16;1-12-6-8-14(9-7-12)15-10-13(2)16(11-17-15)18(3,4)5;/h3-6,8-12H,1-2H3;6-8,10-11H,1-5H3;/q2*-1;/i;1D3,2D3;. The smallest absolute Gasteiger partial charge is 0.165 e. The zero-order valence-electron chi connectivity index (χ0n) is 30.1. The van der Waals surface area contributed by atoms with Gasteiger partial charge in [-0.15, -0.1) is 53.6 Å². The van der Waals surface area contributed by atoms with E-state index in [4.69, 9.17) is 12.6 Å². The number of aryl methyl sites for hydroxylation is 2. The average molecular weight is 757 g/mol. The quantitative estimate of drug-likeness (QED) is 0.133. The summed E-state index contributed by atoms with van der Waals surface area (Å²) in [6.45, 7) is 6.11. The first-order valence-electron chi connectivity index (χ1n) is 16.5. The van der Waals surface area contributed by atoms with Crippen molar-refractivity contribution < 1.29 is 37.1 Å². The number of para-hydroxylation sites is 1. The molecule has 0 fully saturated rings. The molecule has 1 radical (unpaired) electrons. The minimum Gasteiger partial charge on any atom is -0.498 e. The van der Waals surface area contributed by atoms with E-state index in [0.717, 1.165) is 27.2 Å². The zero-order valence-corrected chi connectivity index (χ0v) is 27.5. The van der Waals surface area contributed by atoms with Crippen LogP contribution in [0.15, 0.2) is 83.5 Å². The molecule has 6 heteroatoms. The van der Waals surface area contributed by atoms with Gasteiger partial charge in [-0.3, -0.25) is 0 Å². The van der Waals surface area contributed by atoms with Crippen molar-refractivity contribution in [3.63, 3.8) is 0 Å². The van der Waals surface area contributed by atoms with Crippen molar-refractivity contribution in [2.75, 3.05) is 0 Å². The summed E-state index contributed by atoms with van der Waals surface area (Å²) in [5.41, 5.74) is 5.24. The van der Waals surface area contributed by atoms with E-state index in [1.54, 1.807) is 30.6 Å². The molecule has 6 aromatic rings. The first kappa shape index (κ1) is 24.0. The SMILES string of the molecule is CC(C)c1ccnc(-c2[c-]ccc3c2oc2c(F)cccc23)c1.[2H]C([2H])([2H])c1c[c-]c(-c2cc(C([2H])([2H])[2H])c([Si](C)(C)C)cn2)cc1.[Ir]. The van der Waals surface area contributed by atoms with Crippen molar-refractivity contribution in [3.05, 3.63) is 114 Å². The predicted molar refractivity (Wildman–Crippen MR) is 171 cm³/mol. The van der Waals surface area contributed by atoms with Crippen LogP contribution in [0, 0.1) is 31.7 Å². The molecule has 0 atom stereocenters. The molecule has 6 rings (SSSR count). The summed E-state index contributed by atoms with van der Waals surface area (Å²) in [7, 11) is -1.85. The van der Waals surface area contributed by atoms with E-state index in [0.29, 0.717) is 28.3 Å². The Kier molecular flexibility index (Phi) is 7.34. The first-order chi connectivity index (χ1) is 21.9. The topological polar surface area (TPSA) is 38.9 Å². The largest absolute Gasteiger partial charge is 0.498 e. The Bertz CT molecular complexity index is 2050. The van der Waals surface area contributed by atoms with Gasteiger partial charge in [-0.1, -0.05) is 86.7 Å². The summed E-state index contributed by atoms with van der Waals surface area (Å²) in [6, 6.07) is 25.0. The summed E-state index contributed by atoms with van der Waals surface area (Å²) in [4.78, 5) is 8.84. The van der Waals surface area contributed by atoms with Crippen LogP contribution in [0.5, 0.6) is 0 Å². The molecular weight excluding hydrogens is 716 g/mol. The van der Waals surface area contributed by atoms with E-state index in [9.17, 15) is 4.39 Å². The molecule has 0 bridgehead atoms. The molecule has 0 saturated heterocycles. The van der Waals surface area contributed by atoms with Crippen LogP contribution in [-0.2, 0) is 20.1 Å². The molecule has 0 aliphatic heterocycles. The van der Waals surface area contributed by atoms with E-state index >= 15 is 0 Å². The molecular formula is C36H35FIrN2OSi-2. The maximum Gasteiger partial charge on any atom is 0.165 e. The molecule has 3 aromatic carbocycles. The van der Waals surface area contributed by atoms with Crippen LogP contribution in [-0.4, -0.2) is 18.0 Å². The molecule has 0 unspecified atom stereocenters. The molecule has 3 heterocycles. The number of benzene rings is 3. The van der Waals surface area contributed by atoms with Gasteiger partial charge in [-0.25, -0.2) is 4.39 Å². The van der Waals surface area contributed by atoms with Crippen molar-refractivity contribution in [2.24, 2.45) is 0 Å². The maximum atomic E-state index is 14.0. The molecule has 3 nitrogen and oxygen atoms in total. The molecule has 217 valence electrons. The number of pyridine rings is 2. The van der Waals surface area contributed by atoms with Gasteiger partial charge >= 0.3 is 0 Å². The minimum atomic E-state index is -2.22. The number of nitrogens with zero attached hydrogens (tertiary/aromatic N) is 2. The van der Waals surface area contributed by atoms with E-state index in [1.165, 1.54) is 23.8 Å². The monoisotopic (exact) mass is 757 g/mol. The van der Waals surface area contributed by atoms with Crippen LogP contribution in [0.3, 0.4) is 0 Å². The Hall–Kier alpha value is -3.44. The number of hydrogen-bond donors (Lipinski definition) is 0. The Morgan fingerprint density at radius 2 is 1.71 bits per heavy atom. The van der Waals surface area contributed by atoms with Gasteiger partial charge in [-0.2, -0.15) is 0 Å². The Morgan fingerprint density at radius 3 is 2.40 bits per heavy atom. The number of furan rings is 1. The molecule has 0 saturated carbocycles. The fourth-order valence-electron chi connectivity index (χ4n) is 4.65. The van der Waals surface area contributed by atoms with Crippen LogP contribution < -0.4 is 5.19 Å². The Balaban J connectivity index is 0.000000212. The fraction of sp³-hybridized carbons (Fsp3) is 0.222. The summed E-state index contributed by atoms with van der Waals surface area (Å²) in [5, 5.41) is 2.46. The Morgan fingerprint density at radius 1 is 0.905 bits per heavy atom. The number of halogens is 1. The van der Waals surface area contributed by atoms with Crippen LogP contribution in [0.1, 0.15) is 44.7 Å². The van der Waals surface area contributed by atoms with Crippen molar-refractivity contribution in [1.82, 2.24) is 9.97 Å². The number of rotatable bonds is 4. The van der Waals surface area contributed by atoms with Crippen molar-refractivity contribution >= 4 is 35.2 Å². The second kappa shape index (κ2) is 12.8. The molecule has 3 aromatic heterocycles. The van der Waals surface area contributed by atoms with Crippen LogP contribution >= 0.6 is 0 Å². The van der Waals surface area contributed by atoms with Gasteiger partial charge in [0.05, 0.1) is 13.7 Å². The summed E-state index contributed by atoms with van der Waals surface area (Å²) < 4.78 is 65.4. The zero-order chi connectivity index (χ0) is 34.3. The summed E-state index contributed by atoms with van der Waals surface area (Å²) in [5.74, 6) is 0.0533. The van der Waals surface area contributed by atoms with E-state index in [2.05, 4.69) is 55.6 Å². The van der Waals surface area contributed by atoms with Gasteiger partial charge < -0.3 is 14.4 Å². The van der Waals surface area contributed by atoms with Gasteiger partial charge in [0.25, 0.3) is 0 Å². The maximum absolute atomic E-state index is 14.0. The van der Waals surface area contributed by atoms with E-state index < -0.39 is 21.8 Å².